The van der Waals surface area contributed by atoms with E-state index in [0.717, 1.165) is 21.2 Å². The van der Waals surface area contributed by atoms with Crippen molar-refractivity contribution >= 4 is 54.6 Å². The van der Waals surface area contributed by atoms with Crippen LogP contribution in [0, 0.1) is 0 Å². The molecule has 0 spiro atoms. The molecule has 4 aromatic rings. The molecule has 0 saturated carbocycles. The topological polar surface area (TPSA) is 107 Å². The highest BCUT2D eigenvalue weighted by molar-refractivity contribution is 7.99. The van der Waals surface area contributed by atoms with E-state index in [2.05, 4.69) is 4.98 Å². The molecule has 0 bridgehead atoms. The highest BCUT2D eigenvalue weighted by atomic mass is 35.5. The van der Waals surface area contributed by atoms with Crippen molar-refractivity contribution in [1.82, 2.24) is 14.5 Å². The Kier molecular flexibility index (Phi) is 10.4. The van der Waals surface area contributed by atoms with Crippen LogP contribution in [0.4, 0.5) is 10.7 Å². The number of benzene rings is 2. The maximum Gasteiger partial charge on any atom is 0.416 e. The van der Waals surface area contributed by atoms with Crippen molar-refractivity contribution in [1.29, 1.82) is 0 Å². The van der Waals surface area contributed by atoms with Crippen molar-refractivity contribution in [2.75, 3.05) is 24.7 Å². The monoisotopic (exact) mass is 634 g/mol. The minimum atomic E-state index is -4.14. The quantitative estimate of drug-likeness (QED) is 0.167. The fourth-order valence-corrected chi connectivity index (χ4v) is 6.84. The number of anilines is 1. The standard InChI is InChI=1S/C28H29Cl2N4O5PS/c1-19(2)25-26(41-24-16-21(29)15-22(30)17-24)34(18-20-9-11-31-12-10-20)27(32-25)33(28(35)38-3)13-14-40(36,37)39-23-7-5-4-6-8-23/h4-12,15-17,19H,13-14,18H2,1-3H3,(H,36,37). The third-order valence-corrected chi connectivity index (χ3v) is 8.64. The molecular weight excluding hydrogens is 606 g/mol. The molecule has 9 nitrogen and oxygen atoms in total. The summed E-state index contributed by atoms with van der Waals surface area (Å²) in [5, 5.41) is 1.73. The van der Waals surface area contributed by atoms with Gasteiger partial charge in [0.1, 0.15) is 10.8 Å². The summed E-state index contributed by atoms with van der Waals surface area (Å²) in [6.45, 7) is 4.14. The van der Waals surface area contributed by atoms with Gasteiger partial charge >= 0.3 is 13.7 Å². The normalized spacial score (nSPS) is 12.7. The summed E-state index contributed by atoms with van der Waals surface area (Å²) in [5.74, 6) is 0.477. The van der Waals surface area contributed by atoms with Gasteiger partial charge in [-0.15, -0.1) is 0 Å². The molecule has 1 atom stereocenters. The molecule has 1 N–H and O–H groups in total. The first-order valence-electron chi connectivity index (χ1n) is 12.6. The predicted octanol–water partition coefficient (Wildman–Crippen LogP) is 7.75. The van der Waals surface area contributed by atoms with E-state index in [1.54, 1.807) is 60.9 Å². The second-order valence-electron chi connectivity index (χ2n) is 9.29. The maximum atomic E-state index is 13.1. The number of hydrogen-bond acceptors (Lipinski definition) is 7. The van der Waals surface area contributed by atoms with Crippen molar-refractivity contribution in [3.8, 4) is 5.75 Å². The molecular formula is C28H29Cl2N4O5PS. The smallest absolute Gasteiger partial charge is 0.416 e. The number of carbonyl (C=O) groups excluding carboxylic acids is 1. The average Bonchev–Trinajstić information content (AvgIpc) is 3.26. The summed E-state index contributed by atoms with van der Waals surface area (Å²) in [6.07, 6.45) is 2.27. The van der Waals surface area contributed by atoms with Gasteiger partial charge in [-0.25, -0.2) is 19.2 Å². The van der Waals surface area contributed by atoms with Crippen molar-refractivity contribution in [2.45, 2.75) is 36.2 Å². The van der Waals surface area contributed by atoms with E-state index in [0.29, 0.717) is 16.6 Å². The van der Waals surface area contributed by atoms with Gasteiger partial charge in [0, 0.05) is 33.9 Å². The zero-order chi connectivity index (χ0) is 29.6. The van der Waals surface area contributed by atoms with Gasteiger partial charge in [-0.2, -0.15) is 0 Å². The molecule has 0 aliphatic rings. The van der Waals surface area contributed by atoms with E-state index in [1.165, 1.54) is 23.8 Å². The van der Waals surface area contributed by atoms with Gasteiger partial charge in [0.25, 0.3) is 0 Å². The third kappa shape index (κ3) is 8.27. The van der Waals surface area contributed by atoms with Gasteiger partial charge in [0.05, 0.1) is 25.5 Å². The number of halogens is 2. The lowest BCUT2D eigenvalue weighted by Gasteiger charge is -2.23. The number of ether oxygens (including phenoxy) is 1. The number of amides is 1. The fourth-order valence-electron chi connectivity index (χ4n) is 3.95. The van der Waals surface area contributed by atoms with Gasteiger partial charge in [0.15, 0.2) is 0 Å². The van der Waals surface area contributed by atoms with Crippen LogP contribution in [-0.4, -0.2) is 45.3 Å². The first-order chi connectivity index (χ1) is 19.6. The Hall–Kier alpha value is -3.01. The number of imidazole rings is 1. The Bertz CT molecular complexity index is 1520. The number of nitrogens with zero attached hydrogens (tertiary/aromatic N) is 4. The molecule has 2 heterocycles. The van der Waals surface area contributed by atoms with Gasteiger partial charge < -0.3 is 14.2 Å². The Balaban J connectivity index is 1.77. The average molecular weight is 636 g/mol. The summed E-state index contributed by atoms with van der Waals surface area (Å²) in [6, 6.07) is 17.3. The molecule has 2 aromatic carbocycles. The summed E-state index contributed by atoms with van der Waals surface area (Å²) in [5.41, 5.74) is 1.63. The summed E-state index contributed by atoms with van der Waals surface area (Å²) in [4.78, 5) is 34.7. The predicted molar refractivity (Wildman–Crippen MR) is 162 cm³/mol. The number of rotatable bonds is 11. The van der Waals surface area contributed by atoms with Gasteiger partial charge in [-0.1, -0.05) is 67.0 Å². The number of carbonyl (C=O) groups is 1. The number of methoxy groups -OCH3 is 1. The zero-order valence-corrected chi connectivity index (χ0v) is 25.8. The molecule has 13 heteroatoms. The van der Waals surface area contributed by atoms with Gasteiger partial charge in [0.2, 0.25) is 5.95 Å². The van der Waals surface area contributed by atoms with E-state index < -0.39 is 13.7 Å². The van der Waals surface area contributed by atoms with Crippen molar-refractivity contribution in [2.24, 2.45) is 0 Å². The van der Waals surface area contributed by atoms with Crippen LogP contribution in [0.15, 0.2) is 83.0 Å². The summed E-state index contributed by atoms with van der Waals surface area (Å²) in [7, 11) is -2.89. The second kappa shape index (κ2) is 13.8. The van der Waals surface area contributed by atoms with Crippen LogP contribution in [-0.2, 0) is 15.8 Å². The third-order valence-electron chi connectivity index (χ3n) is 5.85. The SMILES string of the molecule is COC(=O)N(CCP(=O)(O)Oc1ccccc1)c1nc(C(C)C)c(Sc2cc(Cl)cc(Cl)c2)n1Cc1ccncc1. The summed E-state index contributed by atoms with van der Waals surface area (Å²) < 4.78 is 25.3. The van der Waals surface area contributed by atoms with E-state index >= 15 is 0 Å². The number of pyridine rings is 1. The first kappa shape index (κ1) is 30.9. The lowest BCUT2D eigenvalue weighted by atomic mass is 10.1. The van der Waals surface area contributed by atoms with Crippen LogP contribution in [0.25, 0.3) is 0 Å². The van der Waals surface area contributed by atoms with Gasteiger partial charge in [-0.05, 0) is 53.9 Å². The van der Waals surface area contributed by atoms with Crippen LogP contribution in [0.1, 0.15) is 31.0 Å². The number of hydrogen-bond donors (Lipinski definition) is 1. The van der Waals surface area contributed by atoms with Crippen molar-refractivity contribution in [3.63, 3.8) is 0 Å². The fraction of sp³-hybridized carbons (Fsp3) is 0.250. The van der Waals surface area contributed by atoms with Crippen LogP contribution in [0.2, 0.25) is 10.0 Å². The van der Waals surface area contributed by atoms with E-state index in [1.807, 2.05) is 30.5 Å². The van der Waals surface area contributed by atoms with Crippen LogP contribution in [0.5, 0.6) is 5.75 Å². The molecule has 2 aromatic heterocycles. The Morgan fingerprint density at radius 3 is 2.37 bits per heavy atom. The van der Waals surface area contributed by atoms with E-state index in [-0.39, 0.29) is 30.3 Å². The van der Waals surface area contributed by atoms with Crippen LogP contribution < -0.4 is 9.42 Å². The molecule has 0 radical (unpaired) electrons. The molecule has 1 unspecified atom stereocenters. The largest absolute Gasteiger partial charge is 0.452 e. The highest BCUT2D eigenvalue weighted by Gasteiger charge is 2.31. The molecule has 41 heavy (non-hydrogen) atoms. The minimum Gasteiger partial charge on any atom is -0.452 e. The molecule has 0 saturated heterocycles. The van der Waals surface area contributed by atoms with Crippen molar-refractivity contribution < 1.29 is 23.5 Å². The van der Waals surface area contributed by atoms with E-state index in [9.17, 15) is 14.3 Å². The molecule has 4 rings (SSSR count). The Labute approximate surface area is 253 Å². The molecule has 0 fully saturated rings. The molecule has 216 valence electrons. The van der Waals surface area contributed by atoms with Crippen LogP contribution >= 0.6 is 42.6 Å². The van der Waals surface area contributed by atoms with E-state index in [4.69, 9.17) is 37.4 Å². The molecule has 0 aliphatic heterocycles. The van der Waals surface area contributed by atoms with Crippen LogP contribution in [0.3, 0.4) is 0 Å². The van der Waals surface area contributed by atoms with Gasteiger partial charge in [-0.3, -0.25) is 9.55 Å². The maximum absolute atomic E-state index is 13.1. The highest BCUT2D eigenvalue weighted by Crippen LogP contribution is 2.43. The lowest BCUT2D eigenvalue weighted by Crippen LogP contribution is -2.36. The zero-order valence-electron chi connectivity index (χ0n) is 22.6. The summed E-state index contributed by atoms with van der Waals surface area (Å²) >= 11 is 14.0. The minimum absolute atomic E-state index is 0.0329. The van der Waals surface area contributed by atoms with Crippen molar-refractivity contribution in [3.05, 3.63) is 94.4 Å². The Morgan fingerprint density at radius 2 is 1.76 bits per heavy atom. The Morgan fingerprint density at radius 1 is 1.10 bits per heavy atom. The lowest BCUT2D eigenvalue weighted by molar-refractivity contribution is 0.178. The molecule has 0 aliphatic carbocycles. The molecule has 1 amide bonds. The number of aromatic nitrogens is 3. The first-order valence-corrected chi connectivity index (χ1v) is 15.9. The number of para-hydroxylation sites is 1. The second-order valence-corrected chi connectivity index (χ2v) is 13.1.